The molecule has 1 aliphatic heterocycles. The zero-order valence-electron chi connectivity index (χ0n) is 16.1. The highest BCUT2D eigenvalue weighted by Gasteiger charge is 2.52. The van der Waals surface area contributed by atoms with Crippen LogP contribution in [0.4, 0.5) is 11.4 Å². The van der Waals surface area contributed by atoms with Gasteiger partial charge in [-0.05, 0) is 55.3 Å². The number of anilines is 2. The lowest BCUT2D eigenvalue weighted by Crippen LogP contribution is -2.34. The van der Waals surface area contributed by atoms with Crippen LogP contribution in [0.2, 0.25) is 0 Å². The van der Waals surface area contributed by atoms with Gasteiger partial charge in [-0.2, -0.15) is 0 Å². The number of imide groups is 1. The monoisotopic (exact) mass is 548 g/mol. The Balaban J connectivity index is 1.54. The Morgan fingerprint density at radius 1 is 0.903 bits per heavy atom. The van der Waals surface area contributed by atoms with E-state index in [1.807, 2.05) is 0 Å². The van der Waals surface area contributed by atoms with E-state index in [4.69, 9.17) is 5.11 Å². The fraction of sp³-hybridized carbons (Fsp3) is 0.273. The Hall–Kier alpha value is -2.52. The standard InChI is InChI=1S/C22H18Br2N2O5/c23-17-9-15-16(10-18(17)24)21(29)26(20(15)28)14-3-1-2-12(8-14)19(27)25-13-6-4-11(5-7-13)22(30)31/h1-8,15-18H,9-10H2,(H,25,27)(H,30,31)/t15-,16-,17-,18+/m1/s1. The summed E-state index contributed by atoms with van der Waals surface area (Å²) in [4.78, 5) is 51.0. The summed E-state index contributed by atoms with van der Waals surface area (Å²) in [5.41, 5.74) is 1.21. The van der Waals surface area contributed by atoms with Crippen molar-refractivity contribution in [2.45, 2.75) is 22.5 Å². The van der Waals surface area contributed by atoms with Crippen LogP contribution in [0.5, 0.6) is 0 Å². The molecular formula is C22H18Br2N2O5. The quantitative estimate of drug-likeness (QED) is 0.442. The SMILES string of the molecule is O=C(O)c1ccc(NC(=O)c2cccc(N3C(=O)[C@@H]4C[C@@H](Br)[C@@H](Br)C[C@H]4C3=O)c2)cc1. The highest BCUT2D eigenvalue weighted by atomic mass is 79.9. The van der Waals surface area contributed by atoms with Gasteiger partial charge in [-0.1, -0.05) is 37.9 Å². The number of carbonyl (C=O) groups is 4. The smallest absolute Gasteiger partial charge is 0.335 e. The van der Waals surface area contributed by atoms with Gasteiger partial charge in [0.2, 0.25) is 11.8 Å². The van der Waals surface area contributed by atoms with Gasteiger partial charge >= 0.3 is 5.97 Å². The van der Waals surface area contributed by atoms with Gasteiger partial charge < -0.3 is 10.4 Å². The number of alkyl halides is 2. The van der Waals surface area contributed by atoms with Crippen LogP contribution in [0, 0.1) is 11.8 Å². The number of carboxylic acid groups (broad SMARTS) is 1. The van der Waals surface area contributed by atoms with Crippen molar-refractivity contribution >= 4 is 66.9 Å². The number of hydrogen-bond donors (Lipinski definition) is 2. The first kappa shape index (κ1) is 21.7. The largest absolute Gasteiger partial charge is 0.478 e. The molecule has 0 spiro atoms. The lowest BCUT2D eigenvalue weighted by Gasteiger charge is -2.29. The average Bonchev–Trinajstić information content (AvgIpc) is 2.98. The normalized spacial score (nSPS) is 25.3. The third kappa shape index (κ3) is 4.16. The molecule has 2 fully saturated rings. The molecule has 0 radical (unpaired) electrons. The maximum absolute atomic E-state index is 13.0. The summed E-state index contributed by atoms with van der Waals surface area (Å²) in [6.45, 7) is 0. The molecule has 4 atom stereocenters. The number of aromatic carboxylic acids is 1. The Labute approximate surface area is 195 Å². The van der Waals surface area contributed by atoms with Crippen LogP contribution >= 0.6 is 31.9 Å². The van der Waals surface area contributed by atoms with Crippen molar-refractivity contribution in [3.8, 4) is 0 Å². The lowest BCUT2D eigenvalue weighted by atomic mass is 9.81. The Kier molecular flexibility index (Phi) is 5.98. The number of carboxylic acids is 1. The number of nitrogens with zero attached hydrogens (tertiary/aromatic N) is 1. The molecule has 1 saturated heterocycles. The fourth-order valence-electron chi connectivity index (χ4n) is 4.04. The first-order valence-electron chi connectivity index (χ1n) is 9.67. The molecule has 2 aromatic rings. The topological polar surface area (TPSA) is 104 Å². The molecule has 9 heteroatoms. The van der Waals surface area contributed by atoms with Crippen molar-refractivity contribution in [3.05, 3.63) is 59.7 Å². The summed E-state index contributed by atoms with van der Waals surface area (Å²) in [5, 5.41) is 11.7. The van der Waals surface area contributed by atoms with E-state index in [-0.39, 0.29) is 44.4 Å². The minimum Gasteiger partial charge on any atom is -0.478 e. The number of benzene rings is 2. The van der Waals surface area contributed by atoms with E-state index < -0.39 is 11.9 Å². The van der Waals surface area contributed by atoms with Crippen LogP contribution in [-0.2, 0) is 9.59 Å². The zero-order chi connectivity index (χ0) is 22.3. The number of nitrogens with one attached hydrogen (secondary N) is 1. The van der Waals surface area contributed by atoms with Crippen molar-refractivity contribution in [2.24, 2.45) is 11.8 Å². The summed E-state index contributed by atoms with van der Waals surface area (Å²) in [6, 6.07) is 12.2. The molecule has 0 aromatic heterocycles. The molecule has 2 aromatic carbocycles. The predicted molar refractivity (Wildman–Crippen MR) is 122 cm³/mol. The predicted octanol–water partition coefficient (Wildman–Crippen LogP) is 4.06. The highest BCUT2D eigenvalue weighted by molar-refractivity contribution is 9.12. The minimum absolute atomic E-state index is 0.115. The van der Waals surface area contributed by atoms with Crippen LogP contribution in [0.25, 0.3) is 0 Å². The maximum atomic E-state index is 13.0. The number of rotatable bonds is 4. The molecule has 2 N–H and O–H groups in total. The van der Waals surface area contributed by atoms with Crippen molar-refractivity contribution < 1.29 is 24.3 Å². The first-order chi connectivity index (χ1) is 14.8. The molecule has 2 aliphatic rings. The van der Waals surface area contributed by atoms with Crippen molar-refractivity contribution in [1.29, 1.82) is 0 Å². The van der Waals surface area contributed by atoms with Gasteiger partial charge in [0.25, 0.3) is 5.91 Å². The fourth-order valence-corrected chi connectivity index (χ4v) is 5.27. The van der Waals surface area contributed by atoms with Gasteiger partial charge in [-0.15, -0.1) is 0 Å². The van der Waals surface area contributed by atoms with E-state index in [2.05, 4.69) is 37.2 Å². The van der Waals surface area contributed by atoms with Crippen LogP contribution in [0.15, 0.2) is 48.5 Å². The number of hydrogen-bond acceptors (Lipinski definition) is 4. The molecule has 31 heavy (non-hydrogen) atoms. The second kappa shape index (κ2) is 8.55. The minimum atomic E-state index is -1.05. The second-order valence-corrected chi connectivity index (χ2v) is 9.97. The van der Waals surface area contributed by atoms with Crippen LogP contribution in [-0.4, -0.2) is 38.5 Å². The van der Waals surface area contributed by atoms with E-state index in [1.54, 1.807) is 18.2 Å². The molecule has 1 aliphatic carbocycles. The molecule has 7 nitrogen and oxygen atoms in total. The van der Waals surface area contributed by atoms with Gasteiger partial charge in [0.05, 0.1) is 23.1 Å². The maximum Gasteiger partial charge on any atom is 0.335 e. The zero-order valence-corrected chi connectivity index (χ0v) is 19.3. The summed E-state index contributed by atoms with van der Waals surface area (Å²) >= 11 is 7.15. The number of fused-ring (bicyclic) bond motifs is 1. The third-order valence-corrected chi connectivity index (χ3v) is 8.40. The number of halogens is 2. The molecule has 160 valence electrons. The van der Waals surface area contributed by atoms with E-state index in [0.29, 0.717) is 24.2 Å². The summed E-state index contributed by atoms with van der Waals surface area (Å²) in [7, 11) is 0. The van der Waals surface area contributed by atoms with Gasteiger partial charge in [-0.3, -0.25) is 19.3 Å². The van der Waals surface area contributed by atoms with Crippen molar-refractivity contribution in [2.75, 3.05) is 10.2 Å². The Morgan fingerprint density at radius 2 is 1.48 bits per heavy atom. The first-order valence-corrected chi connectivity index (χ1v) is 11.5. The summed E-state index contributed by atoms with van der Waals surface area (Å²) in [6.07, 6.45) is 1.16. The Morgan fingerprint density at radius 3 is 2.03 bits per heavy atom. The van der Waals surface area contributed by atoms with Crippen LogP contribution in [0.1, 0.15) is 33.6 Å². The molecule has 3 amide bonds. The van der Waals surface area contributed by atoms with Crippen molar-refractivity contribution in [1.82, 2.24) is 0 Å². The summed E-state index contributed by atoms with van der Waals surface area (Å²) in [5.74, 6) is -2.68. The van der Waals surface area contributed by atoms with E-state index in [1.165, 1.54) is 35.2 Å². The number of amides is 3. The third-order valence-electron chi connectivity index (χ3n) is 5.67. The second-order valence-electron chi connectivity index (χ2n) is 7.62. The van der Waals surface area contributed by atoms with Crippen LogP contribution < -0.4 is 10.2 Å². The Bertz CT molecular complexity index is 1040. The average molecular weight is 550 g/mol. The van der Waals surface area contributed by atoms with E-state index in [9.17, 15) is 19.2 Å². The number of carbonyl (C=O) groups excluding carboxylic acids is 3. The molecule has 0 bridgehead atoms. The van der Waals surface area contributed by atoms with Gasteiger partial charge in [0, 0.05) is 20.9 Å². The summed E-state index contributed by atoms with van der Waals surface area (Å²) < 4.78 is 0. The lowest BCUT2D eigenvalue weighted by molar-refractivity contribution is -0.122. The van der Waals surface area contributed by atoms with Gasteiger partial charge in [0.15, 0.2) is 0 Å². The van der Waals surface area contributed by atoms with Gasteiger partial charge in [0.1, 0.15) is 0 Å². The molecule has 4 rings (SSSR count). The van der Waals surface area contributed by atoms with E-state index in [0.717, 1.165) is 0 Å². The van der Waals surface area contributed by atoms with Crippen LogP contribution in [0.3, 0.4) is 0 Å². The molecular weight excluding hydrogens is 532 g/mol. The van der Waals surface area contributed by atoms with Gasteiger partial charge in [-0.25, -0.2) is 4.79 Å². The highest BCUT2D eigenvalue weighted by Crippen LogP contribution is 2.44. The van der Waals surface area contributed by atoms with Crippen molar-refractivity contribution in [3.63, 3.8) is 0 Å². The molecule has 0 unspecified atom stereocenters. The molecule has 1 heterocycles. The molecule has 1 saturated carbocycles. The van der Waals surface area contributed by atoms with E-state index >= 15 is 0 Å².